The molecule has 1 aromatic carbocycles. The van der Waals surface area contributed by atoms with Gasteiger partial charge in [-0.25, -0.2) is 4.68 Å². The molecule has 0 bridgehead atoms. The standard InChI is InChI=1S/C27H36ClN3OSi/c1-19(2)33(20(3)4,21(5)6)14-12-30-18-25(24-11-10-23(28)15-26(24)30)22-16-29-31(17-22)27-9-7-8-13-32-27/h10-11,15-21,27H,7-9,13H2,1-6H3/q-1. The van der Waals surface area contributed by atoms with Crippen LogP contribution < -0.4 is 0 Å². The quantitative estimate of drug-likeness (QED) is 0.274. The lowest BCUT2D eigenvalue weighted by Gasteiger charge is -2.50. The first-order valence-corrected chi connectivity index (χ1v) is 14.8. The molecule has 1 aliphatic rings. The molecule has 0 amide bonds. The van der Waals surface area contributed by atoms with E-state index in [0.29, 0.717) is 16.6 Å². The predicted molar refractivity (Wildman–Crippen MR) is 141 cm³/mol. The molecular weight excluding hydrogens is 446 g/mol. The van der Waals surface area contributed by atoms with E-state index in [1.807, 2.05) is 23.0 Å². The highest BCUT2D eigenvalue weighted by Gasteiger charge is 2.29. The van der Waals surface area contributed by atoms with Crippen LogP contribution in [0.2, 0.25) is 21.6 Å². The van der Waals surface area contributed by atoms with Crippen molar-refractivity contribution in [1.29, 1.82) is 0 Å². The predicted octanol–water partition coefficient (Wildman–Crippen LogP) is 7.88. The molecule has 0 spiro atoms. The van der Waals surface area contributed by atoms with Crippen LogP contribution in [-0.4, -0.2) is 29.0 Å². The summed E-state index contributed by atoms with van der Waals surface area (Å²) in [7, 11) is -1.85. The van der Waals surface area contributed by atoms with Crippen molar-refractivity contribution >= 4 is 30.6 Å². The van der Waals surface area contributed by atoms with Crippen LogP contribution in [0.3, 0.4) is 0 Å². The minimum Gasteiger partial charge on any atom is -0.357 e. The summed E-state index contributed by atoms with van der Waals surface area (Å²) in [5.74, 6) is 0. The summed E-state index contributed by atoms with van der Waals surface area (Å²) in [5, 5.41) is 6.50. The largest absolute Gasteiger partial charge is 0.357 e. The first-order valence-electron chi connectivity index (χ1n) is 12.2. The zero-order valence-corrected chi connectivity index (χ0v) is 22.5. The van der Waals surface area contributed by atoms with Gasteiger partial charge in [0, 0.05) is 40.5 Å². The summed E-state index contributed by atoms with van der Waals surface area (Å²) < 4.78 is 9.97. The molecule has 3 aromatic rings. The summed E-state index contributed by atoms with van der Waals surface area (Å²) in [5.41, 5.74) is 8.87. The Balaban J connectivity index is 1.80. The highest BCUT2D eigenvalue weighted by molar-refractivity contribution is 6.90. The Morgan fingerprint density at radius 2 is 1.79 bits per heavy atom. The Kier molecular flexibility index (Phi) is 7.09. The fourth-order valence-electron chi connectivity index (χ4n) is 5.68. The lowest BCUT2D eigenvalue weighted by Crippen LogP contribution is -2.43. The average Bonchev–Trinajstić information content (AvgIpc) is 3.39. The number of ether oxygens (including phenoxy) is 1. The Labute approximate surface area is 204 Å². The Bertz CT molecular complexity index is 1150. The van der Waals surface area contributed by atoms with Gasteiger partial charge in [-0.05, 0) is 37.4 Å². The second kappa shape index (κ2) is 9.70. The SMILES string of the molecule is CC(C)[Si-](C#Cn1cc(-c2cnn(C3CCCCO3)c2)c2ccc(Cl)cc21)(C(C)C)C(C)C. The molecule has 4 rings (SSSR count). The number of rotatable bonds is 5. The maximum absolute atomic E-state index is 6.41. The molecule has 33 heavy (non-hydrogen) atoms. The molecule has 0 saturated carbocycles. The van der Waals surface area contributed by atoms with Gasteiger partial charge in [-0.15, -0.1) is 16.6 Å². The van der Waals surface area contributed by atoms with Crippen LogP contribution in [0.25, 0.3) is 22.0 Å². The van der Waals surface area contributed by atoms with E-state index < -0.39 is 8.07 Å². The molecule has 2 aromatic heterocycles. The van der Waals surface area contributed by atoms with Gasteiger partial charge in [0.25, 0.3) is 0 Å². The normalized spacial score (nSPS) is 17.2. The highest BCUT2D eigenvalue weighted by Crippen LogP contribution is 2.41. The van der Waals surface area contributed by atoms with Crippen LogP contribution in [0, 0.1) is 11.6 Å². The van der Waals surface area contributed by atoms with Gasteiger partial charge >= 0.3 is 0 Å². The van der Waals surface area contributed by atoms with Crippen LogP contribution in [-0.2, 0) is 4.74 Å². The van der Waals surface area contributed by atoms with Crippen LogP contribution in [0.15, 0.2) is 36.8 Å². The van der Waals surface area contributed by atoms with E-state index in [2.05, 4.69) is 81.3 Å². The van der Waals surface area contributed by atoms with Gasteiger partial charge in [0.2, 0.25) is 0 Å². The molecule has 3 heterocycles. The molecule has 1 atom stereocenters. The van der Waals surface area contributed by atoms with Gasteiger partial charge in [0.05, 0.1) is 11.7 Å². The smallest absolute Gasteiger partial charge is 0.150 e. The summed E-state index contributed by atoms with van der Waals surface area (Å²) in [4.78, 5) is 0. The van der Waals surface area contributed by atoms with E-state index in [4.69, 9.17) is 16.3 Å². The molecule has 0 aliphatic carbocycles. The van der Waals surface area contributed by atoms with Crippen LogP contribution in [0.1, 0.15) is 67.0 Å². The fraction of sp³-hybridized carbons (Fsp3) is 0.519. The van der Waals surface area contributed by atoms with E-state index in [1.165, 1.54) is 6.42 Å². The molecule has 0 N–H and O–H groups in total. The fourth-order valence-corrected chi connectivity index (χ4v) is 11.0. The molecule has 1 fully saturated rings. The van der Waals surface area contributed by atoms with Crippen molar-refractivity contribution in [2.75, 3.05) is 6.61 Å². The maximum Gasteiger partial charge on any atom is 0.150 e. The first kappa shape index (κ1) is 24.1. The van der Waals surface area contributed by atoms with Crippen molar-refractivity contribution in [3.05, 3.63) is 41.8 Å². The van der Waals surface area contributed by atoms with Crippen molar-refractivity contribution in [2.45, 2.75) is 83.7 Å². The van der Waals surface area contributed by atoms with Crippen molar-refractivity contribution in [1.82, 2.24) is 14.3 Å². The minimum absolute atomic E-state index is 0.0322. The van der Waals surface area contributed by atoms with E-state index in [1.54, 1.807) is 0 Å². The molecular formula is C27H36ClN3OSi-. The van der Waals surface area contributed by atoms with Crippen molar-refractivity contribution in [3.63, 3.8) is 0 Å². The van der Waals surface area contributed by atoms with E-state index >= 15 is 0 Å². The third-order valence-corrected chi connectivity index (χ3v) is 13.9. The zero-order valence-electron chi connectivity index (χ0n) is 20.7. The third kappa shape index (κ3) is 4.54. The second-order valence-electron chi connectivity index (χ2n) is 10.2. The number of nitrogens with zero attached hydrogens (tertiary/aromatic N) is 3. The van der Waals surface area contributed by atoms with Crippen molar-refractivity contribution < 1.29 is 4.74 Å². The monoisotopic (exact) mass is 481 g/mol. The van der Waals surface area contributed by atoms with Gasteiger partial charge in [-0.1, -0.05) is 67.3 Å². The first-order chi connectivity index (χ1) is 15.7. The Hall–Kier alpha value is -2.00. The minimum atomic E-state index is -1.85. The lowest BCUT2D eigenvalue weighted by molar-refractivity contribution is -0.0394. The Morgan fingerprint density at radius 1 is 1.06 bits per heavy atom. The zero-order chi connectivity index (χ0) is 23.8. The summed E-state index contributed by atoms with van der Waals surface area (Å²) in [6.07, 6.45) is 9.55. The molecule has 4 nitrogen and oxygen atoms in total. The topological polar surface area (TPSA) is 32.0 Å². The summed E-state index contributed by atoms with van der Waals surface area (Å²) >= 11 is 6.41. The average molecular weight is 482 g/mol. The van der Waals surface area contributed by atoms with E-state index in [9.17, 15) is 0 Å². The van der Waals surface area contributed by atoms with Crippen LogP contribution in [0.4, 0.5) is 0 Å². The molecule has 177 valence electrons. The van der Waals surface area contributed by atoms with Gasteiger partial charge in [0.1, 0.15) is 6.23 Å². The number of halogens is 1. The van der Waals surface area contributed by atoms with E-state index in [-0.39, 0.29) is 6.23 Å². The molecule has 6 heteroatoms. The Morgan fingerprint density at radius 3 is 2.42 bits per heavy atom. The van der Waals surface area contributed by atoms with Gasteiger partial charge in [0.15, 0.2) is 0 Å². The third-order valence-electron chi connectivity index (χ3n) is 7.39. The van der Waals surface area contributed by atoms with Crippen LogP contribution in [0.5, 0.6) is 0 Å². The summed E-state index contributed by atoms with van der Waals surface area (Å²) in [6.45, 7) is 14.9. The van der Waals surface area contributed by atoms with Gasteiger partial charge in [-0.3, -0.25) is 10.1 Å². The number of hydrogen-bond donors (Lipinski definition) is 0. The van der Waals surface area contributed by atoms with Crippen molar-refractivity contribution in [2.24, 2.45) is 0 Å². The maximum atomic E-state index is 6.41. The number of hydrogen-bond acceptors (Lipinski definition) is 2. The molecule has 1 unspecified atom stereocenters. The van der Waals surface area contributed by atoms with Gasteiger partial charge < -0.3 is 4.74 Å². The molecule has 0 radical (unpaired) electrons. The summed E-state index contributed by atoms with van der Waals surface area (Å²) in [6, 6.07) is 9.65. The number of benzene rings is 1. The second-order valence-corrected chi connectivity index (χ2v) is 16.3. The lowest BCUT2D eigenvalue weighted by atomic mass is 10.1. The van der Waals surface area contributed by atoms with Crippen molar-refractivity contribution in [3.8, 4) is 22.7 Å². The van der Waals surface area contributed by atoms with Gasteiger partial charge in [-0.2, -0.15) is 5.10 Å². The van der Waals surface area contributed by atoms with Crippen LogP contribution >= 0.6 is 11.6 Å². The number of fused-ring (bicyclic) bond motifs is 1. The molecule has 1 aliphatic heterocycles. The highest BCUT2D eigenvalue weighted by atomic mass is 35.5. The number of aromatic nitrogens is 3. The van der Waals surface area contributed by atoms with E-state index in [0.717, 1.165) is 46.5 Å². The molecule has 1 saturated heterocycles.